The smallest absolute Gasteiger partial charge is 0.175 e. The van der Waals surface area contributed by atoms with E-state index in [0.717, 1.165) is 5.56 Å². The molecule has 0 amide bonds. The second-order valence-electron chi connectivity index (χ2n) is 5.22. The molecule has 5 nitrogen and oxygen atoms in total. The minimum Gasteiger partial charge on any atom is -0.310 e. The molecule has 0 aromatic heterocycles. The van der Waals surface area contributed by atoms with E-state index >= 15 is 0 Å². The van der Waals surface area contributed by atoms with Crippen molar-refractivity contribution >= 4 is 19.7 Å². The van der Waals surface area contributed by atoms with Crippen LogP contribution in [0.15, 0.2) is 29.2 Å². The minimum atomic E-state index is -3.16. The molecule has 7 heteroatoms. The highest BCUT2D eigenvalue weighted by Gasteiger charge is 2.22. The van der Waals surface area contributed by atoms with Gasteiger partial charge in [0.25, 0.3) is 0 Å². The van der Waals surface area contributed by atoms with Crippen LogP contribution in [0.2, 0.25) is 0 Å². The molecule has 1 fully saturated rings. The molecule has 0 bridgehead atoms. The Kier molecular flexibility index (Phi) is 4.51. The summed E-state index contributed by atoms with van der Waals surface area (Å²) in [7, 11) is -5.98. The highest BCUT2D eigenvalue weighted by Crippen LogP contribution is 2.14. The Morgan fingerprint density at radius 1 is 1.15 bits per heavy atom. The van der Waals surface area contributed by atoms with Crippen LogP contribution in [0.5, 0.6) is 0 Å². The van der Waals surface area contributed by atoms with Gasteiger partial charge in [-0.3, -0.25) is 0 Å². The summed E-state index contributed by atoms with van der Waals surface area (Å²) >= 11 is 0. The molecule has 0 aliphatic carbocycles. The fraction of sp³-hybridized carbons (Fsp3) is 0.538. The molecule has 1 aliphatic heterocycles. The molecule has 0 unspecified atom stereocenters. The predicted octanol–water partition coefficient (Wildman–Crippen LogP) is 0.757. The Morgan fingerprint density at radius 3 is 2.20 bits per heavy atom. The molecule has 0 radical (unpaired) electrons. The van der Waals surface area contributed by atoms with E-state index in [1.54, 1.807) is 24.3 Å². The molecule has 112 valence electrons. The molecule has 2 rings (SSSR count). The second-order valence-corrected chi connectivity index (χ2v) is 9.54. The van der Waals surface area contributed by atoms with E-state index < -0.39 is 19.7 Å². The van der Waals surface area contributed by atoms with Crippen LogP contribution in [0, 0.1) is 0 Å². The first-order valence-corrected chi connectivity index (χ1v) is 10.2. The molecule has 0 spiro atoms. The second kappa shape index (κ2) is 5.83. The van der Waals surface area contributed by atoms with Crippen LogP contribution in [-0.4, -0.2) is 40.6 Å². The number of nitrogens with one attached hydrogen (secondary N) is 1. The van der Waals surface area contributed by atoms with E-state index in [0.29, 0.717) is 24.3 Å². The van der Waals surface area contributed by atoms with Crippen molar-refractivity contribution in [1.29, 1.82) is 0 Å². The van der Waals surface area contributed by atoms with Gasteiger partial charge in [0.2, 0.25) is 0 Å². The van der Waals surface area contributed by atoms with Crippen LogP contribution in [0.3, 0.4) is 0 Å². The van der Waals surface area contributed by atoms with E-state index in [9.17, 15) is 16.8 Å². The summed E-state index contributed by atoms with van der Waals surface area (Å²) in [5.74, 6) is 0.495. The monoisotopic (exact) mass is 317 g/mol. The van der Waals surface area contributed by atoms with Gasteiger partial charge in [0.1, 0.15) is 9.84 Å². The SMILES string of the molecule is CS(=O)(=O)c1ccc(CNC2CCS(=O)(=O)CC2)cc1. The maximum absolute atomic E-state index is 11.3. The van der Waals surface area contributed by atoms with Gasteiger partial charge in [-0.25, -0.2) is 16.8 Å². The van der Waals surface area contributed by atoms with Gasteiger partial charge in [0.05, 0.1) is 16.4 Å². The molecule has 1 aliphatic rings. The Labute approximate surface area is 120 Å². The summed E-state index contributed by atoms with van der Waals surface area (Å²) in [5, 5.41) is 3.32. The lowest BCUT2D eigenvalue weighted by molar-refractivity contribution is 0.463. The summed E-state index contributed by atoms with van der Waals surface area (Å²) in [5.41, 5.74) is 0.992. The van der Waals surface area contributed by atoms with E-state index in [1.165, 1.54) is 6.26 Å². The van der Waals surface area contributed by atoms with Crippen LogP contribution in [-0.2, 0) is 26.2 Å². The predicted molar refractivity (Wildman–Crippen MR) is 78.1 cm³/mol. The standard InChI is InChI=1S/C13H19NO4S2/c1-19(15,16)13-4-2-11(3-5-13)10-14-12-6-8-20(17,18)9-7-12/h2-5,12,14H,6-10H2,1H3. The first-order valence-electron chi connectivity index (χ1n) is 6.49. The van der Waals surface area contributed by atoms with Gasteiger partial charge in [-0.1, -0.05) is 12.1 Å². The largest absolute Gasteiger partial charge is 0.310 e. The van der Waals surface area contributed by atoms with Gasteiger partial charge in [-0.15, -0.1) is 0 Å². The Morgan fingerprint density at radius 2 is 1.70 bits per heavy atom. The molecule has 1 saturated heterocycles. The maximum Gasteiger partial charge on any atom is 0.175 e. The van der Waals surface area contributed by atoms with Crippen molar-refractivity contribution in [2.75, 3.05) is 17.8 Å². The van der Waals surface area contributed by atoms with Crippen LogP contribution < -0.4 is 5.32 Å². The fourth-order valence-corrected chi connectivity index (χ4v) is 4.33. The topological polar surface area (TPSA) is 80.3 Å². The summed E-state index contributed by atoms with van der Waals surface area (Å²) in [6.45, 7) is 0.620. The molecule has 20 heavy (non-hydrogen) atoms. The lowest BCUT2D eigenvalue weighted by atomic mass is 10.1. The first-order chi connectivity index (χ1) is 9.26. The third kappa shape index (κ3) is 4.29. The number of sulfone groups is 2. The van der Waals surface area contributed by atoms with Gasteiger partial charge >= 0.3 is 0 Å². The zero-order valence-electron chi connectivity index (χ0n) is 11.4. The molecular formula is C13H19NO4S2. The molecular weight excluding hydrogens is 298 g/mol. The third-order valence-electron chi connectivity index (χ3n) is 3.50. The fourth-order valence-electron chi connectivity index (χ4n) is 2.21. The van der Waals surface area contributed by atoms with Gasteiger partial charge in [-0.05, 0) is 30.5 Å². The third-order valence-corrected chi connectivity index (χ3v) is 6.34. The summed E-state index contributed by atoms with van der Waals surface area (Å²) in [4.78, 5) is 0.310. The average Bonchev–Trinajstić information content (AvgIpc) is 2.37. The number of hydrogen-bond donors (Lipinski definition) is 1. The summed E-state index contributed by atoms with van der Waals surface area (Å²) in [6, 6.07) is 6.97. The zero-order valence-corrected chi connectivity index (χ0v) is 13.0. The van der Waals surface area contributed by atoms with Crippen molar-refractivity contribution in [3.05, 3.63) is 29.8 Å². The van der Waals surface area contributed by atoms with E-state index in [4.69, 9.17) is 0 Å². The van der Waals surface area contributed by atoms with Crippen LogP contribution in [0.4, 0.5) is 0 Å². The average molecular weight is 317 g/mol. The van der Waals surface area contributed by atoms with Crippen molar-refractivity contribution in [2.24, 2.45) is 0 Å². The maximum atomic E-state index is 11.3. The quantitative estimate of drug-likeness (QED) is 0.886. The number of benzene rings is 1. The highest BCUT2D eigenvalue weighted by atomic mass is 32.2. The molecule has 0 atom stereocenters. The molecule has 0 saturated carbocycles. The van der Waals surface area contributed by atoms with Gasteiger partial charge < -0.3 is 5.32 Å². The van der Waals surface area contributed by atoms with Gasteiger partial charge in [-0.2, -0.15) is 0 Å². The highest BCUT2D eigenvalue weighted by molar-refractivity contribution is 7.91. The number of rotatable bonds is 4. The van der Waals surface area contributed by atoms with Crippen molar-refractivity contribution in [1.82, 2.24) is 5.32 Å². The van der Waals surface area contributed by atoms with Crippen LogP contribution >= 0.6 is 0 Å². The van der Waals surface area contributed by atoms with Crippen molar-refractivity contribution < 1.29 is 16.8 Å². The lowest BCUT2D eigenvalue weighted by Crippen LogP contribution is -2.37. The summed E-state index contributed by atoms with van der Waals surface area (Å²) in [6.07, 6.45) is 2.47. The minimum absolute atomic E-state index is 0.216. The zero-order chi connectivity index (χ0) is 14.8. The van der Waals surface area contributed by atoms with E-state index in [-0.39, 0.29) is 17.5 Å². The first kappa shape index (κ1) is 15.5. The Hall–Kier alpha value is -0.920. The van der Waals surface area contributed by atoms with Gasteiger partial charge in [0, 0.05) is 18.8 Å². The van der Waals surface area contributed by atoms with Crippen molar-refractivity contribution in [3.63, 3.8) is 0 Å². The van der Waals surface area contributed by atoms with E-state index in [2.05, 4.69) is 5.32 Å². The Bertz CT molecular complexity index is 649. The van der Waals surface area contributed by atoms with E-state index in [1.807, 2.05) is 0 Å². The molecule has 1 aromatic rings. The molecule has 1 N–H and O–H groups in total. The van der Waals surface area contributed by atoms with Crippen molar-refractivity contribution in [2.45, 2.75) is 30.3 Å². The molecule has 1 heterocycles. The number of hydrogen-bond acceptors (Lipinski definition) is 5. The van der Waals surface area contributed by atoms with Crippen molar-refractivity contribution in [3.8, 4) is 0 Å². The van der Waals surface area contributed by atoms with Crippen LogP contribution in [0.25, 0.3) is 0 Å². The lowest BCUT2D eigenvalue weighted by Gasteiger charge is -2.23. The van der Waals surface area contributed by atoms with Crippen LogP contribution in [0.1, 0.15) is 18.4 Å². The Balaban J connectivity index is 1.89. The van der Waals surface area contributed by atoms with Gasteiger partial charge in [0.15, 0.2) is 9.84 Å². The molecule has 1 aromatic carbocycles. The summed E-state index contributed by atoms with van der Waals surface area (Å²) < 4.78 is 45.3. The normalized spacial score (nSPS) is 19.9.